The van der Waals surface area contributed by atoms with E-state index in [-0.39, 0.29) is 17.1 Å². The fraction of sp³-hybridized carbons (Fsp3) is 0.750. The molecule has 0 heterocycles. The average molecular weight is 492 g/mol. The molecule has 0 saturated carbocycles. The van der Waals surface area contributed by atoms with Gasteiger partial charge >= 0.3 is 48.0 Å². The van der Waals surface area contributed by atoms with E-state index in [1.807, 2.05) is 0 Å². The number of rotatable bonds is 4. The zero-order valence-corrected chi connectivity index (χ0v) is 12.2. The van der Waals surface area contributed by atoms with Crippen LogP contribution in [0.1, 0.15) is 0 Å². The molecule has 0 fully saturated rings. The third kappa shape index (κ3) is 5.73. The van der Waals surface area contributed by atoms with Crippen LogP contribution >= 0.6 is 0 Å². The molecule has 0 aromatic rings. The van der Waals surface area contributed by atoms with E-state index in [0.717, 1.165) is 0 Å². The summed E-state index contributed by atoms with van der Waals surface area (Å²) in [5.74, 6) is -32.5. The second kappa shape index (κ2) is 8.24. The fourth-order valence-corrected chi connectivity index (χ4v) is 0.625. The molecular weight excluding hydrogens is 490 g/mol. The number of alkyl halides is 14. The maximum absolute atomic E-state index is 11.8. The van der Waals surface area contributed by atoms with E-state index in [2.05, 4.69) is 0 Å². The predicted octanol–water partition coefficient (Wildman–Crippen LogP) is 3.81. The molecule has 0 aromatic heterocycles. The van der Waals surface area contributed by atoms with Crippen LogP contribution in [0.5, 0.6) is 0 Å². The van der Waals surface area contributed by atoms with Gasteiger partial charge in [0.1, 0.15) is 0 Å². The first-order chi connectivity index (χ1) is 10.9. The summed E-state index contributed by atoms with van der Waals surface area (Å²) < 4.78 is 161. The van der Waals surface area contributed by atoms with Crippen molar-refractivity contribution in [3.63, 3.8) is 0 Å². The molecule has 27 heavy (non-hydrogen) atoms. The molecule has 0 saturated heterocycles. The predicted molar refractivity (Wildman–Crippen MR) is 47.2 cm³/mol. The van der Waals surface area contributed by atoms with Gasteiger partial charge in [0.2, 0.25) is 0 Å². The Hall–Kier alpha value is -1.52. The summed E-state index contributed by atoms with van der Waals surface area (Å²) in [6.45, 7) is 0. The van der Waals surface area contributed by atoms with Crippen molar-refractivity contribution >= 4 is 11.9 Å². The molecule has 0 bridgehead atoms. The van der Waals surface area contributed by atoms with Crippen molar-refractivity contribution in [2.45, 2.75) is 36.0 Å². The van der Waals surface area contributed by atoms with E-state index in [1.54, 1.807) is 0 Å². The molecule has 0 aromatic carbocycles. The molecule has 0 amide bonds. The molecule has 167 valence electrons. The van der Waals surface area contributed by atoms with E-state index >= 15 is 0 Å². The zero-order valence-electron chi connectivity index (χ0n) is 11.3. The van der Waals surface area contributed by atoms with Gasteiger partial charge in [-0.15, -0.1) is 0 Å². The summed E-state index contributed by atoms with van der Waals surface area (Å²) in [4.78, 5) is 18.8. The quantitative estimate of drug-likeness (QED) is 0.463. The summed E-state index contributed by atoms with van der Waals surface area (Å²) >= 11 is 0. The largest absolute Gasteiger partial charge is 0.477 e. The van der Waals surface area contributed by atoms with Crippen LogP contribution in [0.4, 0.5) is 61.5 Å². The van der Waals surface area contributed by atoms with Gasteiger partial charge in [0.15, 0.2) is 0 Å². The van der Waals surface area contributed by atoms with Gasteiger partial charge < -0.3 is 10.2 Å². The van der Waals surface area contributed by atoms with Gasteiger partial charge in [0, 0.05) is 17.1 Å². The van der Waals surface area contributed by atoms with Crippen LogP contribution in [-0.4, -0.2) is 58.2 Å². The first-order valence-corrected chi connectivity index (χ1v) is 5.00. The Kier molecular flexibility index (Phi) is 9.22. The third-order valence-electron chi connectivity index (χ3n) is 2.04. The third-order valence-corrected chi connectivity index (χ3v) is 2.04. The molecule has 0 aliphatic heterocycles. The van der Waals surface area contributed by atoms with Crippen LogP contribution in [0.3, 0.4) is 0 Å². The first-order valence-electron chi connectivity index (χ1n) is 5.00. The Morgan fingerprint density at radius 2 is 0.630 bits per heavy atom. The Morgan fingerprint density at radius 3 is 0.667 bits per heavy atom. The van der Waals surface area contributed by atoms with Gasteiger partial charge in [-0.2, -0.15) is 61.5 Å². The second-order valence-electron chi connectivity index (χ2n) is 3.90. The Bertz CT molecular complexity index is 488. The van der Waals surface area contributed by atoms with Gasteiger partial charge in [0.05, 0.1) is 0 Å². The minimum atomic E-state index is -6.60. The molecule has 19 heteroatoms. The number of hydrogen-bond donors (Lipinski definition) is 2. The summed E-state index contributed by atoms with van der Waals surface area (Å²) in [5, 5.41) is 14.8. The summed E-state index contributed by atoms with van der Waals surface area (Å²) in [7, 11) is 0. The number of carboxylic acids is 2. The van der Waals surface area contributed by atoms with Crippen molar-refractivity contribution in [2.75, 3.05) is 0 Å². The normalized spacial score (nSPS) is 13.9. The minimum Gasteiger partial charge on any atom is -0.477 e. The van der Waals surface area contributed by atoms with Gasteiger partial charge in [-0.1, -0.05) is 0 Å². The molecule has 2 N–H and O–H groups in total. The number of carboxylic acid groups (broad SMARTS) is 2. The van der Waals surface area contributed by atoms with E-state index in [9.17, 15) is 71.1 Å². The fourth-order valence-electron chi connectivity index (χ4n) is 0.625. The number of aliphatic carboxylic acids is 2. The Balaban J connectivity index is -0.000000411. The Morgan fingerprint density at radius 1 is 0.481 bits per heavy atom. The van der Waals surface area contributed by atoms with Crippen molar-refractivity contribution in [1.29, 1.82) is 0 Å². The SMILES string of the molecule is O=C(O)C(F)(F)C(F)(F)C(F)(F)F.O=C(O)C(F)(F)C(F)(F)C(F)(F)F.[Cu]. The summed E-state index contributed by atoms with van der Waals surface area (Å²) in [5.41, 5.74) is 0. The number of hydrogen-bond acceptors (Lipinski definition) is 2. The van der Waals surface area contributed by atoms with Crippen molar-refractivity contribution < 1.29 is 98.3 Å². The molecule has 0 atom stereocenters. The molecule has 4 nitrogen and oxygen atoms in total. The topological polar surface area (TPSA) is 74.6 Å². The first kappa shape index (κ1) is 30.2. The zero-order chi connectivity index (χ0) is 22.2. The molecule has 0 unspecified atom stereocenters. The molecule has 0 aliphatic rings. The molecule has 0 aliphatic carbocycles. The summed E-state index contributed by atoms with van der Waals surface area (Å²) in [6.07, 6.45) is -13.2. The van der Waals surface area contributed by atoms with E-state index in [4.69, 9.17) is 10.2 Å². The Labute approximate surface area is 147 Å². The van der Waals surface area contributed by atoms with Crippen LogP contribution in [0.2, 0.25) is 0 Å². The van der Waals surface area contributed by atoms with Gasteiger partial charge in [0.25, 0.3) is 0 Å². The van der Waals surface area contributed by atoms with E-state index in [0.29, 0.717) is 0 Å². The van der Waals surface area contributed by atoms with Crippen LogP contribution in [-0.2, 0) is 26.7 Å². The van der Waals surface area contributed by atoms with Crippen molar-refractivity contribution in [3.05, 3.63) is 0 Å². The van der Waals surface area contributed by atoms with Crippen molar-refractivity contribution in [2.24, 2.45) is 0 Å². The smallest absolute Gasteiger partial charge is 0.460 e. The molecule has 1 radical (unpaired) electrons. The average Bonchev–Trinajstić information content (AvgIpc) is 2.35. The maximum atomic E-state index is 11.8. The van der Waals surface area contributed by atoms with E-state index < -0.39 is 48.0 Å². The number of carbonyl (C=O) groups is 2. The monoisotopic (exact) mass is 491 g/mol. The van der Waals surface area contributed by atoms with Gasteiger partial charge in [-0.05, 0) is 0 Å². The van der Waals surface area contributed by atoms with Crippen molar-refractivity contribution in [1.82, 2.24) is 0 Å². The summed E-state index contributed by atoms with van der Waals surface area (Å²) in [6, 6.07) is 0. The van der Waals surface area contributed by atoms with Gasteiger partial charge in [-0.3, -0.25) is 0 Å². The van der Waals surface area contributed by atoms with Crippen LogP contribution in [0.15, 0.2) is 0 Å². The standard InChI is InChI=1S/2C4HF7O2.Cu/c2*5-2(6,1(12)13)3(7,8)4(9,10)11;/h2*(H,12,13);. The van der Waals surface area contributed by atoms with Crippen LogP contribution < -0.4 is 0 Å². The number of halogens is 14. The van der Waals surface area contributed by atoms with Crippen molar-refractivity contribution in [3.8, 4) is 0 Å². The maximum Gasteiger partial charge on any atom is 0.460 e. The molecule has 0 spiro atoms. The molecular formula is C8H2CuF14O4. The van der Waals surface area contributed by atoms with Crippen LogP contribution in [0, 0.1) is 0 Å². The second-order valence-corrected chi connectivity index (χ2v) is 3.90. The van der Waals surface area contributed by atoms with Gasteiger partial charge in [-0.25, -0.2) is 9.59 Å². The van der Waals surface area contributed by atoms with Crippen LogP contribution in [0.25, 0.3) is 0 Å². The molecule has 0 rings (SSSR count). The minimum absolute atomic E-state index is 0. The van der Waals surface area contributed by atoms with E-state index in [1.165, 1.54) is 0 Å².